The summed E-state index contributed by atoms with van der Waals surface area (Å²) in [5.41, 5.74) is 7.86. The maximum atomic E-state index is 13.9. The molecule has 3 saturated carbocycles. The molecule has 6 rings (SSSR count). The molecule has 11 atom stereocenters. The van der Waals surface area contributed by atoms with E-state index in [1.54, 1.807) is 18.4 Å². The number of carboxylic acids is 1. The second kappa shape index (κ2) is 11.5. The van der Waals surface area contributed by atoms with Crippen molar-refractivity contribution in [1.29, 1.82) is 0 Å². The molecule has 2 heterocycles. The Labute approximate surface area is 247 Å². The van der Waals surface area contributed by atoms with Crippen molar-refractivity contribution in [1.82, 2.24) is 4.98 Å². The van der Waals surface area contributed by atoms with Crippen LogP contribution in [0.3, 0.4) is 0 Å². The highest BCUT2D eigenvalue weighted by molar-refractivity contribution is 7.09. The van der Waals surface area contributed by atoms with E-state index >= 15 is 0 Å². The number of ether oxygens (including phenoxy) is 3. The van der Waals surface area contributed by atoms with Gasteiger partial charge in [0.05, 0.1) is 49.7 Å². The Kier molecular flexibility index (Phi) is 8.22. The van der Waals surface area contributed by atoms with Crippen molar-refractivity contribution in [2.75, 3.05) is 20.3 Å². The minimum Gasteiger partial charge on any atom is -0.481 e. The average molecular weight is 587 g/mol. The molecule has 226 valence electrons. The molecule has 41 heavy (non-hydrogen) atoms. The molecule has 3 N–H and O–H groups in total. The van der Waals surface area contributed by atoms with Crippen molar-refractivity contribution in [2.24, 2.45) is 58.5 Å². The Morgan fingerprint density at radius 2 is 2.05 bits per heavy atom. The van der Waals surface area contributed by atoms with E-state index in [-0.39, 0.29) is 53.1 Å². The monoisotopic (exact) mass is 586 g/mol. The third kappa shape index (κ3) is 5.03. The van der Waals surface area contributed by atoms with Gasteiger partial charge in [-0.3, -0.25) is 9.59 Å². The van der Waals surface area contributed by atoms with Gasteiger partial charge in [-0.1, -0.05) is 19.4 Å². The number of nitrogens with zero attached hydrogens (tertiary/aromatic N) is 1. The second-order valence-corrected chi connectivity index (χ2v) is 14.8. The van der Waals surface area contributed by atoms with Gasteiger partial charge < -0.3 is 25.1 Å². The lowest BCUT2D eigenvalue weighted by Gasteiger charge is -2.63. The number of ketones is 1. The number of hydrogen-bond donors (Lipinski definition) is 2. The third-order valence-electron chi connectivity index (χ3n) is 11.1. The average Bonchev–Trinajstić information content (AvgIpc) is 3.41. The fraction of sp³-hybridized carbons (Fsp3) is 0.781. The first kappa shape index (κ1) is 29.4. The summed E-state index contributed by atoms with van der Waals surface area (Å²) in [7, 11) is 1.76. The standard InChI is InChI=1S/C32H46N2O6S/c1-16(2)9-18-5-6-21-20-7-8-23-22-13-39-15-32(23,24(20)10-25(35)28(21)27(18)31(36)37)11-26(38-4)29(22)40-12-19-14-41-30(34-19)17(3)33/h10,14,16-18,20-23,26-29H,5-9,11-13,15,33H2,1-4H3,(H,36,37)/t17-,18?,20?,21?,22?,23?,26+,27?,28?,29+,32+/m0/s1. The number of carboxylic acid groups (broad SMARTS) is 1. The highest BCUT2D eigenvalue weighted by Crippen LogP contribution is 2.64. The van der Waals surface area contributed by atoms with E-state index in [4.69, 9.17) is 19.9 Å². The van der Waals surface area contributed by atoms with Gasteiger partial charge in [0, 0.05) is 29.7 Å². The SMILES string of the molecule is CO[C@@H]1C[C@@]23COCC(C2CCC2C3=CC(=O)C3C2CCC(CC(C)C)C3C(=O)O)[C@H]1OCc1csc([C@H](C)N)n1. The van der Waals surface area contributed by atoms with E-state index < -0.39 is 17.8 Å². The van der Waals surface area contributed by atoms with Gasteiger partial charge in [0.1, 0.15) is 5.01 Å². The van der Waals surface area contributed by atoms with Crippen LogP contribution in [-0.2, 0) is 30.4 Å². The first-order valence-corrected chi connectivity index (χ1v) is 16.4. The number of nitrogens with two attached hydrogens (primary N) is 1. The predicted octanol–water partition coefficient (Wildman–Crippen LogP) is 5.02. The van der Waals surface area contributed by atoms with Gasteiger partial charge in [0.2, 0.25) is 0 Å². The van der Waals surface area contributed by atoms with Crippen molar-refractivity contribution in [2.45, 2.75) is 84.2 Å². The molecule has 4 aliphatic carbocycles. The molecule has 1 aromatic rings. The Bertz CT molecular complexity index is 1180. The van der Waals surface area contributed by atoms with Gasteiger partial charge in [0.15, 0.2) is 5.78 Å². The maximum absolute atomic E-state index is 13.9. The molecule has 1 saturated heterocycles. The van der Waals surface area contributed by atoms with Crippen LogP contribution in [0.5, 0.6) is 0 Å². The molecule has 0 spiro atoms. The zero-order valence-corrected chi connectivity index (χ0v) is 25.6. The lowest BCUT2D eigenvalue weighted by Crippen LogP contribution is -2.64. The molecule has 2 bridgehead atoms. The maximum Gasteiger partial charge on any atom is 0.307 e. The summed E-state index contributed by atoms with van der Waals surface area (Å²) in [6, 6.07) is -0.0974. The zero-order valence-electron chi connectivity index (χ0n) is 24.8. The van der Waals surface area contributed by atoms with Crippen molar-refractivity contribution < 1.29 is 28.9 Å². The van der Waals surface area contributed by atoms with Gasteiger partial charge in [-0.25, -0.2) is 4.98 Å². The molecule has 0 aromatic carbocycles. The van der Waals surface area contributed by atoms with Gasteiger partial charge >= 0.3 is 5.97 Å². The Morgan fingerprint density at radius 1 is 1.24 bits per heavy atom. The highest BCUT2D eigenvalue weighted by Gasteiger charge is 2.63. The van der Waals surface area contributed by atoms with E-state index in [9.17, 15) is 14.7 Å². The highest BCUT2D eigenvalue weighted by atomic mass is 32.1. The summed E-state index contributed by atoms with van der Waals surface area (Å²) in [4.78, 5) is 31.2. The van der Waals surface area contributed by atoms with E-state index in [1.807, 2.05) is 18.4 Å². The summed E-state index contributed by atoms with van der Waals surface area (Å²) in [5, 5.41) is 13.3. The molecule has 5 aliphatic rings. The number of aliphatic carboxylic acids is 1. The van der Waals surface area contributed by atoms with Crippen LogP contribution < -0.4 is 5.73 Å². The summed E-state index contributed by atoms with van der Waals surface area (Å²) in [5.74, 6) is -0.439. The largest absolute Gasteiger partial charge is 0.481 e. The van der Waals surface area contributed by atoms with E-state index in [0.717, 1.165) is 49.2 Å². The number of methoxy groups -OCH3 is 1. The lowest BCUT2D eigenvalue weighted by atomic mass is 9.45. The quantitative estimate of drug-likeness (QED) is 0.436. The minimum absolute atomic E-state index is 0.0278. The van der Waals surface area contributed by atoms with Crippen LogP contribution in [0.15, 0.2) is 17.0 Å². The molecular weight excluding hydrogens is 540 g/mol. The molecule has 7 unspecified atom stereocenters. The van der Waals surface area contributed by atoms with Crippen LogP contribution in [0.2, 0.25) is 0 Å². The van der Waals surface area contributed by atoms with E-state index in [1.165, 1.54) is 5.57 Å². The van der Waals surface area contributed by atoms with E-state index in [2.05, 4.69) is 18.8 Å². The molecule has 0 radical (unpaired) electrons. The number of carbonyl (C=O) groups is 2. The van der Waals surface area contributed by atoms with E-state index in [0.29, 0.717) is 31.7 Å². The first-order valence-electron chi connectivity index (χ1n) is 15.5. The number of aromatic nitrogens is 1. The van der Waals surface area contributed by atoms with Crippen molar-refractivity contribution in [3.05, 3.63) is 27.7 Å². The van der Waals surface area contributed by atoms with Crippen molar-refractivity contribution in [3.8, 4) is 0 Å². The van der Waals surface area contributed by atoms with Crippen LogP contribution in [-0.4, -0.2) is 54.4 Å². The van der Waals surface area contributed by atoms with Crippen LogP contribution in [0.4, 0.5) is 0 Å². The molecule has 8 nitrogen and oxygen atoms in total. The summed E-state index contributed by atoms with van der Waals surface area (Å²) in [6.07, 6.45) is 7.13. The van der Waals surface area contributed by atoms with Crippen molar-refractivity contribution >= 4 is 23.1 Å². The topological polar surface area (TPSA) is 121 Å². The second-order valence-electron chi connectivity index (χ2n) is 13.9. The fourth-order valence-corrected chi connectivity index (χ4v) is 10.4. The van der Waals surface area contributed by atoms with Crippen LogP contribution in [0.25, 0.3) is 0 Å². The molecule has 4 fully saturated rings. The molecule has 1 aliphatic heterocycles. The number of thiazole rings is 1. The predicted molar refractivity (Wildman–Crippen MR) is 155 cm³/mol. The number of fused-ring (bicyclic) bond motifs is 3. The number of hydrogen-bond acceptors (Lipinski definition) is 8. The fourth-order valence-electron chi connectivity index (χ4n) is 9.65. The van der Waals surface area contributed by atoms with Crippen LogP contribution >= 0.6 is 11.3 Å². The van der Waals surface area contributed by atoms with Crippen molar-refractivity contribution in [3.63, 3.8) is 0 Å². The Balaban J connectivity index is 1.28. The molecule has 9 heteroatoms. The third-order valence-corrected chi connectivity index (χ3v) is 12.2. The Hall–Kier alpha value is -1.65. The summed E-state index contributed by atoms with van der Waals surface area (Å²) in [6.45, 7) is 7.85. The number of allylic oxidation sites excluding steroid dienone is 1. The number of rotatable bonds is 8. The summed E-state index contributed by atoms with van der Waals surface area (Å²) >= 11 is 1.56. The molecular formula is C32H46N2O6S. The normalized spacial score (nSPS) is 40.8. The number of carbonyl (C=O) groups excluding carboxylic acids is 1. The zero-order chi connectivity index (χ0) is 29.1. The smallest absolute Gasteiger partial charge is 0.307 e. The van der Waals surface area contributed by atoms with Gasteiger partial charge in [-0.05, 0) is 81.1 Å². The van der Waals surface area contributed by atoms with Crippen LogP contribution in [0, 0.1) is 52.8 Å². The molecule has 0 amide bonds. The summed E-state index contributed by atoms with van der Waals surface area (Å²) < 4.78 is 19.0. The van der Waals surface area contributed by atoms with Gasteiger partial charge in [-0.2, -0.15) is 0 Å². The first-order chi connectivity index (χ1) is 19.6. The van der Waals surface area contributed by atoms with Crippen LogP contribution in [0.1, 0.15) is 76.0 Å². The Morgan fingerprint density at radius 3 is 2.73 bits per heavy atom. The lowest BCUT2D eigenvalue weighted by molar-refractivity contribution is -0.223. The van der Waals surface area contributed by atoms with Gasteiger partial charge in [-0.15, -0.1) is 11.3 Å². The minimum atomic E-state index is -0.797. The van der Waals surface area contributed by atoms with Gasteiger partial charge in [0.25, 0.3) is 0 Å². The molecule has 1 aromatic heterocycles.